The lowest BCUT2D eigenvalue weighted by molar-refractivity contribution is -0.142. The minimum atomic E-state index is -0.863. The van der Waals surface area contributed by atoms with Gasteiger partial charge in [-0.15, -0.1) is 0 Å². The topological polar surface area (TPSA) is 84.2 Å². The summed E-state index contributed by atoms with van der Waals surface area (Å²) in [5.41, 5.74) is 0.528. The molecule has 1 aliphatic carbocycles. The van der Waals surface area contributed by atoms with E-state index in [0.29, 0.717) is 18.2 Å². The largest absolute Gasteiger partial charge is 0.481 e. The van der Waals surface area contributed by atoms with E-state index >= 15 is 0 Å². The molecule has 0 saturated heterocycles. The number of nitrogens with one attached hydrogen (secondary N) is 1. The summed E-state index contributed by atoms with van der Waals surface area (Å²) in [5, 5.41) is 16.2. The highest BCUT2D eigenvalue weighted by molar-refractivity contribution is 5.92. The average Bonchev–Trinajstić information content (AvgIpc) is 3.11. The molecule has 122 valence electrons. The van der Waals surface area contributed by atoms with Crippen molar-refractivity contribution in [3.05, 3.63) is 18.0 Å². The Morgan fingerprint density at radius 1 is 1.41 bits per heavy atom. The molecule has 1 unspecified atom stereocenters. The van der Waals surface area contributed by atoms with Crippen LogP contribution >= 0.6 is 0 Å². The van der Waals surface area contributed by atoms with Crippen molar-refractivity contribution in [2.24, 2.45) is 11.8 Å². The zero-order valence-corrected chi connectivity index (χ0v) is 13.3. The maximum atomic E-state index is 12.3. The van der Waals surface area contributed by atoms with Crippen molar-refractivity contribution in [2.75, 3.05) is 6.54 Å². The first-order valence-electron chi connectivity index (χ1n) is 8.03. The van der Waals surface area contributed by atoms with Crippen LogP contribution in [0, 0.1) is 11.8 Å². The van der Waals surface area contributed by atoms with E-state index in [0.717, 1.165) is 12.8 Å². The lowest BCUT2D eigenvalue weighted by atomic mass is 9.97. The van der Waals surface area contributed by atoms with Crippen LogP contribution in [0.1, 0.15) is 62.5 Å². The van der Waals surface area contributed by atoms with E-state index in [-0.39, 0.29) is 18.4 Å². The van der Waals surface area contributed by atoms with Crippen LogP contribution in [0.3, 0.4) is 0 Å². The Labute approximate surface area is 130 Å². The summed E-state index contributed by atoms with van der Waals surface area (Å²) >= 11 is 0. The van der Waals surface area contributed by atoms with Gasteiger partial charge in [0.2, 0.25) is 0 Å². The molecule has 0 bridgehead atoms. The number of nitrogens with zero attached hydrogens (tertiary/aromatic N) is 2. The Morgan fingerprint density at radius 3 is 2.68 bits per heavy atom. The Kier molecular flexibility index (Phi) is 5.57. The molecule has 2 N–H and O–H groups in total. The normalized spacial score (nSPS) is 16.9. The third kappa shape index (κ3) is 4.08. The van der Waals surface area contributed by atoms with Crippen LogP contribution < -0.4 is 5.32 Å². The Bertz CT molecular complexity index is 518. The van der Waals surface area contributed by atoms with E-state index in [1.165, 1.54) is 12.8 Å². The van der Waals surface area contributed by atoms with Crippen LogP contribution in [0.25, 0.3) is 0 Å². The lowest BCUT2D eigenvalue weighted by Crippen LogP contribution is -2.35. The number of hydrogen-bond donors (Lipinski definition) is 2. The van der Waals surface area contributed by atoms with Crippen LogP contribution in [0.2, 0.25) is 0 Å². The van der Waals surface area contributed by atoms with Crippen molar-refractivity contribution in [2.45, 2.75) is 52.0 Å². The second kappa shape index (κ2) is 7.42. The third-order valence-corrected chi connectivity index (χ3v) is 4.19. The molecule has 1 atom stereocenters. The summed E-state index contributed by atoms with van der Waals surface area (Å²) in [6, 6.07) is 1.99. The highest BCUT2D eigenvalue weighted by Crippen LogP contribution is 2.29. The number of carboxylic acids is 1. The summed E-state index contributed by atoms with van der Waals surface area (Å²) in [5.74, 6) is -1.37. The molecule has 1 saturated carbocycles. The fourth-order valence-corrected chi connectivity index (χ4v) is 3.08. The van der Waals surface area contributed by atoms with Gasteiger partial charge >= 0.3 is 5.97 Å². The lowest BCUT2D eigenvalue weighted by Gasteiger charge is -2.17. The maximum absolute atomic E-state index is 12.3. The van der Waals surface area contributed by atoms with E-state index in [1.54, 1.807) is 16.9 Å². The molecule has 0 radical (unpaired) electrons. The van der Waals surface area contributed by atoms with E-state index in [2.05, 4.69) is 10.4 Å². The first-order chi connectivity index (χ1) is 10.5. The van der Waals surface area contributed by atoms with Gasteiger partial charge in [0.15, 0.2) is 0 Å². The Balaban J connectivity index is 1.97. The van der Waals surface area contributed by atoms with E-state index in [1.807, 2.05) is 13.8 Å². The van der Waals surface area contributed by atoms with Gasteiger partial charge < -0.3 is 10.4 Å². The molecular formula is C16H25N3O3. The highest BCUT2D eigenvalue weighted by Gasteiger charge is 2.24. The zero-order chi connectivity index (χ0) is 16.1. The van der Waals surface area contributed by atoms with Crippen molar-refractivity contribution < 1.29 is 14.7 Å². The molecule has 1 aromatic rings. The third-order valence-electron chi connectivity index (χ3n) is 4.19. The Hall–Kier alpha value is -1.85. The molecule has 0 aromatic carbocycles. The van der Waals surface area contributed by atoms with Gasteiger partial charge in [0, 0.05) is 12.7 Å². The number of carbonyl (C=O) groups is 2. The van der Waals surface area contributed by atoms with Gasteiger partial charge in [0.25, 0.3) is 5.91 Å². The van der Waals surface area contributed by atoms with Crippen molar-refractivity contribution in [1.82, 2.24) is 15.1 Å². The SMILES string of the molecule is CC(C)CC(CNC(=O)c1ccnn1C1CCCC1)C(=O)O. The summed E-state index contributed by atoms with van der Waals surface area (Å²) in [4.78, 5) is 23.6. The van der Waals surface area contributed by atoms with Crippen LogP contribution in [0.4, 0.5) is 0 Å². The summed E-state index contributed by atoms with van der Waals surface area (Å²) in [7, 11) is 0. The van der Waals surface area contributed by atoms with E-state index < -0.39 is 11.9 Å². The summed E-state index contributed by atoms with van der Waals surface area (Å²) < 4.78 is 1.79. The van der Waals surface area contributed by atoms with Crippen LogP contribution in [-0.4, -0.2) is 33.3 Å². The molecule has 6 heteroatoms. The predicted octanol–water partition coefficient (Wildman–Crippen LogP) is 2.47. The molecular weight excluding hydrogens is 282 g/mol. The molecule has 1 amide bonds. The first-order valence-corrected chi connectivity index (χ1v) is 8.03. The standard InChI is InChI=1S/C16H25N3O3/c1-11(2)9-12(16(21)22)10-17-15(20)14-7-8-18-19(14)13-5-3-4-6-13/h7-8,11-13H,3-6,9-10H2,1-2H3,(H,17,20)(H,21,22). The van der Waals surface area contributed by atoms with Crippen molar-refractivity contribution in [3.8, 4) is 0 Å². The molecule has 6 nitrogen and oxygen atoms in total. The molecule has 1 fully saturated rings. The van der Waals surface area contributed by atoms with Crippen LogP contribution in [0.15, 0.2) is 12.3 Å². The smallest absolute Gasteiger partial charge is 0.308 e. The van der Waals surface area contributed by atoms with Gasteiger partial charge in [-0.25, -0.2) is 0 Å². The van der Waals surface area contributed by atoms with Gasteiger partial charge in [0.05, 0.1) is 12.0 Å². The monoisotopic (exact) mass is 307 g/mol. The van der Waals surface area contributed by atoms with E-state index in [4.69, 9.17) is 0 Å². The molecule has 2 rings (SSSR count). The van der Waals surface area contributed by atoms with Gasteiger partial charge in [0.1, 0.15) is 5.69 Å². The minimum absolute atomic E-state index is 0.155. The van der Waals surface area contributed by atoms with Gasteiger partial charge in [-0.1, -0.05) is 26.7 Å². The van der Waals surface area contributed by atoms with Crippen LogP contribution in [0.5, 0.6) is 0 Å². The molecule has 1 aliphatic rings. The summed E-state index contributed by atoms with van der Waals surface area (Å²) in [6.45, 7) is 4.11. The first kappa shape index (κ1) is 16.5. The van der Waals surface area contributed by atoms with E-state index in [9.17, 15) is 14.7 Å². The number of hydrogen-bond acceptors (Lipinski definition) is 3. The van der Waals surface area contributed by atoms with Crippen molar-refractivity contribution in [1.29, 1.82) is 0 Å². The number of amides is 1. The second-order valence-electron chi connectivity index (χ2n) is 6.47. The summed E-state index contributed by atoms with van der Waals surface area (Å²) in [6.07, 6.45) is 6.62. The maximum Gasteiger partial charge on any atom is 0.308 e. The zero-order valence-electron chi connectivity index (χ0n) is 13.3. The molecule has 0 aliphatic heterocycles. The molecule has 1 heterocycles. The number of carboxylic acid groups (broad SMARTS) is 1. The number of rotatable bonds is 7. The number of aromatic nitrogens is 2. The van der Waals surface area contributed by atoms with Gasteiger partial charge in [-0.3, -0.25) is 14.3 Å². The van der Waals surface area contributed by atoms with Crippen molar-refractivity contribution in [3.63, 3.8) is 0 Å². The quantitative estimate of drug-likeness (QED) is 0.810. The Morgan fingerprint density at radius 2 is 2.09 bits per heavy atom. The predicted molar refractivity (Wildman–Crippen MR) is 82.6 cm³/mol. The molecule has 22 heavy (non-hydrogen) atoms. The fraction of sp³-hybridized carbons (Fsp3) is 0.688. The molecule has 0 spiro atoms. The number of aliphatic carboxylic acids is 1. The van der Waals surface area contributed by atoms with Crippen molar-refractivity contribution >= 4 is 11.9 Å². The minimum Gasteiger partial charge on any atom is -0.481 e. The number of carbonyl (C=O) groups excluding carboxylic acids is 1. The molecule has 1 aromatic heterocycles. The van der Waals surface area contributed by atoms with Crippen LogP contribution in [-0.2, 0) is 4.79 Å². The average molecular weight is 307 g/mol. The fourth-order valence-electron chi connectivity index (χ4n) is 3.08. The highest BCUT2D eigenvalue weighted by atomic mass is 16.4. The van der Waals surface area contributed by atoms with Gasteiger partial charge in [-0.2, -0.15) is 5.10 Å². The second-order valence-corrected chi connectivity index (χ2v) is 6.47. The van der Waals surface area contributed by atoms with Gasteiger partial charge in [-0.05, 0) is 31.2 Å².